The maximum absolute atomic E-state index is 11.7. The maximum Gasteiger partial charge on any atom is 0.253 e. The molecule has 3 fully saturated rings. The zero-order valence-corrected chi connectivity index (χ0v) is 8.69. The number of hydrogen-bond acceptors (Lipinski definition) is 3. The van der Waals surface area contributed by atoms with Gasteiger partial charge in [-0.1, -0.05) is 0 Å². The number of nitrogens with one attached hydrogen (secondary N) is 2. The molecule has 0 aromatic carbocycles. The number of carbonyl (C=O) groups excluding carboxylic acids is 1. The Bertz CT molecular complexity index is 315. The summed E-state index contributed by atoms with van der Waals surface area (Å²) < 4.78 is 0. The van der Waals surface area contributed by atoms with Gasteiger partial charge in [-0.05, 0) is 31.5 Å². The molecule has 14 heavy (non-hydrogen) atoms. The molecule has 2 N–H and O–H groups in total. The van der Waals surface area contributed by atoms with Gasteiger partial charge in [0, 0.05) is 19.1 Å². The molecule has 0 radical (unpaired) electrons. The zero-order valence-electron chi connectivity index (χ0n) is 7.88. The lowest BCUT2D eigenvalue weighted by Crippen LogP contribution is -2.49. The van der Waals surface area contributed by atoms with Crippen molar-refractivity contribution in [3.8, 4) is 0 Å². The van der Waals surface area contributed by atoms with Gasteiger partial charge in [0.2, 0.25) is 0 Å². The van der Waals surface area contributed by atoms with Gasteiger partial charge in [0.25, 0.3) is 5.91 Å². The highest BCUT2D eigenvalue weighted by atomic mass is 32.1. The smallest absolute Gasteiger partial charge is 0.253 e. The van der Waals surface area contributed by atoms with Crippen LogP contribution >= 0.6 is 12.2 Å². The van der Waals surface area contributed by atoms with Crippen LogP contribution in [0, 0.1) is 0 Å². The van der Waals surface area contributed by atoms with Crippen molar-refractivity contribution in [2.75, 3.05) is 13.1 Å². The Morgan fingerprint density at radius 3 is 2.86 bits per heavy atom. The third kappa shape index (κ3) is 1.15. The molecular formula is C9H13N3OS. The first-order valence-corrected chi connectivity index (χ1v) is 5.48. The molecule has 0 aromatic rings. The van der Waals surface area contributed by atoms with Crippen LogP contribution in [0.4, 0.5) is 0 Å². The minimum atomic E-state index is -0.403. The van der Waals surface area contributed by atoms with E-state index in [2.05, 4.69) is 15.5 Å². The van der Waals surface area contributed by atoms with Gasteiger partial charge in [0.05, 0.1) is 0 Å². The molecule has 0 bridgehead atoms. The van der Waals surface area contributed by atoms with Gasteiger partial charge in [-0.15, -0.1) is 0 Å². The zero-order chi connectivity index (χ0) is 9.76. The summed E-state index contributed by atoms with van der Waals surface area (Å²) >= 11 is 4.96. The van der Waals surface area contributed by atoms with Crippen LogP contribution in [0.3, 0.4) is 0 Å². The summed E-state index contributed by atoms with van der Waals surface area (Å²) in [6.45, 7) is 1.84. The van der Waals surface area contributed by atoms with E-state index < -0.39 is 5.54 Å². The van der Waals surface area contributed by atoms with Gasteiger partial charge < -0.3 is 10.6 Å². The van der Waals surface area contributed by atoms with Gasteiger partial charge in [-0.25, -0.2) is 0 Å². The van der Waals surface area contributed by atoms with Crippen LogP contribution in [0.25, 0.3) is 0 Å². The van der Waals surface area contributed by atoms with Crippen LogP contribution in [0.5, 0.6) is 0 Å². The summed E-state index contributed by atoms with van der Waals surface area (Å²) in [6, 6.07) is 0.734. The summed E-state index contributed by atoms with van der Waals surface area (Å²) in [5, 5.41) is 6.30. The second-order valence-corrected chi connectivity index (χ2v) is 4.85. The van der Waals surface area contributed by atoms with Crippen molar-refractivity contribution in [2.24, 2.45) is 0 Å². The monoisotopic (exact) mass is 211 g/mol. The molecule has 2 heterocycles. The minimum Gasteiger partial charge on any atom is -0.347 e. The molecule has 1 amide bonds. The van der Waals surface area contributed by atoms with Crippen molar-refractivity contribution < 1.29 is 4.79 Å². The number of likely N-dealkylation sites (tertiary alicyclic amines) is 1. The van der Waals surface area contributed by atoms with E-state index in [0.29, 0.717) is 5.11 Å². The van der Waals surface area contributed by atoms with E-state index in [0.717, 1.165) is 25.6 Å². The fourth-order valence-corrected chi connectivity index (χ4v) is 2.69. The molecule has 2 saturated heterocycles. The number of rotatable bonds is 1. The summed E-state index contributed by atoms with van der Waals surface area (Å²) in [5.41, 5.74) is -0.403. The van der Waals surface area contributed by atoms with Crippen molar-refractivity contribution in [1.29, 1.82) is 0 Å². The van der Waals surface area contributed by atoms with Crippen molar-refractivity contribution in [2.45, 2.75) is 30.8 Å². The Hall–Kier alpha value is -0.680. The van der Waals surface area contributed by atoms with E-state index >= 15 is 0 Å². The third-order valence-electron chi connectivity index (χ3n) is 3.38. The fourth-order valence-electron chi connectivity index (χ4n) is 2.41. The Morgan fingerprint density at radius 2 is 2.29 bits per heavy atom. The Morgan fingerprint density at radius 1 is 1.50 bits per heavy atom. The number of carbonyl (C=O) groups is 1. The number of thiocarbonyl (C=S) groups is 1. The summed E-state index contributed by atoms with van der Waals surface area (Å²) in [6.07, 6.45) is 3.47. The lowest BCUT2D eigenvalue weighted by molar-refractivity contribution is -0.123. The van der Waals surface area contributed by atoms with Crippen LogP contribution in [0.1, 0.15) is 19.3 Å². The molecule has 76 valence electrons. The first-order chi connectivity index (χ1) is 6.70. The summed E-state index contributed by atoms with van der Waals surface area (Å²) in [5.74, 6) is 0.0608. The van der Waals surface area contributed by atoms with Crippen molar-refractivity contribution >= 4 is 23.2 Å². The first kappa shape index (κ1) is 8.61. The van der Waals surface area contributed by atoms with Crippen molar-refractivity contribution in [3.63, 3.8) is 0 Å². The van der Waals surface area contributed by atoms with Gasteiger partial charge in [-0.3, -0.25) is 9.69 Å². The third-order valence-corrected chi connectivity index (χ3v) is 3.58. The Labute approximate surface area is 88.0 Å². The average molecular weight is 211 g/mol. The lowest BCUT2D eigenvalue weighted by atomic mass is 10.00. The van der Waals surface area contributed by atoms with Crippen molar-refractivity contribution in [1.82, 2.24) is 15.5 Å². The largest absolute Gasteiger partial charge is 0.347 e. The Kier molecular flexibility index (Phi) is 1.64. The molecule has 1 aliphatic carbocycles. The molecule has 4 nitrogen and oxygen atoms in total. The summed E-state index contributed by atoms with van der Waals surface area (Å²) in [4.78, 5) is 14.1. The van der Waals surface area contributed by atoms with Crippen LogP contribution < -0.4 is 10.6 Å². The maximum atomic E-state index is 11.7. The quantitative estimate of drug-likeness (QED) is 0.579. The van der Waals surface area contributed by atoms with E-state index in [1.54, 1.807) is 0 Å². The molecule has 3 rings (SSSR count). The van der Waals surface area contributed by atoms with Crippen LogP contribution in [0.15, 0.2) is 0 Å². The van der Waals surface area contributed by atoms with E-state index in [4.69, 9.17) is 12.2 Å². The van der Waals surface area contributed by atoms with Crippen LogP contribution in [0.2, 0.25) is 0 Å². The van der Waals surface area contributed by atoms with Gasteiger partial charge in [0.15, 0.2) is 5.11 Å². The Balaban J connectivity index is 1.78. The van der Waals surface area contributed by atoms with E-state index in [9.17, 15) is 4.79 Å². The van der Waals surface area contributed by atoms with Gasteiger partial charge >= 0.3 is 0 Å². The second kappa shape index (κ2) is 2.67. The molecule has 1 spiro atoms. The average Bonchev–Trinajstić information content (AvgIpc) is 2.83. The number of nitrogens with zero attached hydrogens (tertiary/aromatic N) is 1. The van der Waals surface area contributed by atoms with Crippen LogP contribution in [-0.2, 0) is 4.79 Å². The lowest BCUT2D eigenvalue weighted by Gasteiger charge is -2.21. The van der Waals surface area contributed by atoms with Crippen molar-refractivity contribution in [3.05, 3.63) is 0 Å². The molecule has 2 aliphatic heterocycles. The molecule has 5 heteroatoms. The molecule has 0 aromatic heterocycles. The van der Waals surface area contributed by atoms with Gasteiger partial charge in [0.1, 0.15) is 5.54 Å². The van der Waals surface area contributed by atoms with Crippen LogP contribution in [-0.4, -0.2) is 40.6 Å². The molecule has 3 aliphatic rings. The van der Waals surface area contributed by atoms with Gasteiger partial charge in [-0.2, -0.15) is 0 Å². The standard InChI is InChI=1S/C9H13N3OS/c13-7-9(11-8(14)10-7)3-4-12(5-9)6-1-2-6/h6H,1-5H2,(H2,10,11,13,14). The second-order valence-electron chi connectivity index (χ2n) is 4.44. The van der Waals surface area contributed by atoms with E-state index in [1.165, 1.54) is 12.8 Å². The highest BCUT2D eigenvalue weighted by Crippen LogP contribution is 2.34. The van der Waals surface area contributed by atoms with E-state index in [1.807, 2.05) is 0 Å². The molecule has 1 atom stereocenters. The number of amides is 1. The predicted octanol–water partition coefficient (Wildman–Crippen LogP) is -0.402. The predicted molar refractivity (Wildman–Crippen MR) is 55.8 cm³/mol. The first-order valence-electron chi connectivity index (χ1n) is 5.07. The SMILES string of the molecule is O=C1NC(=S)NC12CCN(C1CC1)C2. The highest BCUT2D eigenvalue weighted by molar-refractivity contribution is 7.80. The topological polar surface area (TPSA) is 44.4 Å². The number of hydrogen-bond donors (Lipinski definition) is 2. The summed E-state index contributed by atoms with van der Waals surface area (Å²) in [7, 11) is 0. The molecule has 1 unspecified atom stereocenters. The fraction of sp³-hybridized carbons (Fsp3) is 0.778. The minimum absolute atomic E-state index is 0.0608. The molecule has 1 saturated carbocycles. The molecular weight excluding hydrogens is 198 g/mol. The normalized spacial score (nSPS) is 37.7. The van der Waals surface area contributed by atoms with E-state index in [-0.39, 0.29) is 5.91 Å². The highest BCUT2D eigenvalue weighted by Gasteiger charge is 2.51.